The van der Waals surface area contributed by atoms with Gasteiger partial charge < -0.3 is 14.6 Å². The Bertz CT molecular complexity index is 778. The van der Waals surface area contributed by atoms with E-state index in [1.54, 1.807) is 19.2 Å². The maximum Gasteiger partial charge on any atom is 0.320 e. The molecular formula is C20H22FNO4. The van der Waals surface area contributed by atoms with Crippen molar-refractivity contribution in [3.8, 4) is 11.5 Å². The predicted octanol–water partition coefficient (Wildman–Crippen LogP) is 3.48. The Labute approximate surface area is 152 Å². The molecule has 0 radical (unpaired) electrons. The molecule has 0 aromatic heterocycles. The highest BCUT2D eigenvalue weighted by molar-refractivity contribution is 5.74. The van der Waals surface area contributed by atoms with Crippen molar-refractivity contribution in [2.24, 2.45) is 0 Å². The number of ether oxygens (including phenoxy) is 2. The monoisotopic (exact) mass is 359 g/mol. The second kappa shape index (κ2) is 7.74. The number of hydrogen-bond donors (Lipinski definition) is 1. The molecule has 1 aliphatic rings. The number of rotatable bonds is 6. The van der Waals surface area contributed by atoms with Gasteiger partial charge in [-0.15, -0.1) is 0 Å². The van der Waals surface area contributed by atoms with E-state index in [0.29, 0.717) is 24.3 Å². The predicted molar refractivity (Wildman–Crippen MR) is 95.2 cm³/mol. The lowest BCUT2D eigenvalue weighted by molar-refractivity contribution is -0.142. The fourth-order valence-corrected chi connectivity index (χ4v) is 3.58. The van der Waals surface area contributed by atoms with Gasteiger partial charge in [-0.2, -0.15) is 0 Å². The molecule has 0 aliphatic carbocycles. The van der Waals surface area contributed by atoms with Crippen LogP contribution in [0.5, 0.6) is 11.5 Å². The molecule has 2 aromatic rings. The van der Waals surface area contributed by atoms with Gasteiger partial charge in [0.05, 0.1) is 20.3 Å². The molecule has 2 aromatic carbocycles. The summed E-state index contributed by atoms with van der Waals surface area (Å²) in [6, 6.07) is 11.3. The molecule has 3 rings (SSSR count). The van der Waals surface area contributed by atoms with E-state index in [1.165, 1.54) is 13.2 Å². The molecule has 5 nitrogen and oxygen atoms in total. The van der Waals surface area contributed by atoms with Crippen molar-refractivity contribution in [3.63, 3.8) is 0 Å². The molecule has 0 amide bonds. The van der Waals surface area contributed by atoms with Crippen molar-refractivity contribution < 1.29 is 23.8 Å². The van der Waals surface area contributed by atoms with E-state index < -0.39 is 17.8 Å². The number of carboxylic acid groups (broad SMARTS) is 1. The lowest BCUT2D eigenvalue weighted by atomic mass is 9.96. The minimum atomic E-state index is -0.852. The molecule has 2 atom stereocenters. The van der Waals surface area contributed by atoms with Gasteiger partial charge in [0, 0.05) is 6.54 Å². The quantitative estimate of drug-likeness (QED) is 0.856. The number of carboxylic acids is 1. The average Bonchev–Trinajstić information content (AvgIpc) is 3.12. The molecule has 138 valence electrons. The highest BCUT2D eigenvalue weighted by atomic mass is 19.1. The Morgan fingerprint density at radius 2 is 1.85 bits per heavy atom. The minimum Gasteiger partial charge on any atom is -0.497 e. The molecule has 1 fully saturated rings. The van der Waals surface area contributed by atoms with Crippen molar-refractivity contribution in [2.75, 3.05) is 20.8 Å². The van der Waals surface area contributed by atoms with Crippen LogP contribution in [0.4, 0.5) is 4.39 Å². The first-order valence-corrected chi connectivity index (χ1v) is 8.51. The van der Waals surface area contributed by atoms with Crippen LogP contribution in [0.3, 0.4) is 0 Å². The number of aliphatic carboxylic acids is 1. The Hall–Kier alpha value is -2.60. The van der Waals surface area contributed by atoms with E-state index in [1.807, 2.05) is 29.2 Å². The summed E-state index contributed by atoms with van der Waals surface area (Å²) in [5.74, 6) is -0.437. The Balaban J connectivity index is 2.06. The van der Waals surface area contributed by atoms with Gasteiger partial charge in [-0.3, -0.25) is 9.69 Å². The zero-order valence-electron chi connectivity index (χ0n) is 14.8. The Kier molecular flexibility index (Phi) is 5.42. The molecule has 1 saturated heterocycles. The molecular weight excluding hydrogens is 337 g/mol. The lowest BCUT2D eigenvalue weighted by Crippen LogP contribution is -2.39. The van der Waals surface area contributed by atoms with Crippen LogP contribution >= 0.6 is 0 Å². The third-order valence-electron chi connectivity index (χ3n) is 4.83. The second-order valence-corrected chi connectivity index (χ2v) is 6.30. The second-order valence-electron chi connectivity index (χ2n) is 6.30. The number of likely N-dealkylation sites (tertiary alicyclic amines) is 1. The van der Waals surface area contributed by atoms with E-state index in [9.17, 15) is 14.3 Å². The van der Waals surface area contributed by atoms with Crippen LogP contribution in [0.1, 0.15) is 30.0 Å². The molecule has 0 saturated carbocycles. The third kappa shape index (κ3) is 3.51. The molecule has 0 spiro atoms. The van der Waals surface area contributed by atoms with E-state index in [-0.39, 0.29) is 11.8 Å². The molecule has 2 unspecified atom stereocenters. The number of nitrogens with zero attached hydrogens (tertiary/aromatic N) is 1. The van der Waals surface area contributed by atoms with Crippen LogP contribution in [-0.2, 0) is 4.79 Å². The normalized spacial score (nSPS) is 18.5. The van der Waals surface area contributed by atoms with Crippen LogP contribution in [0, 0.1) is 5.82 Å². The minimum absolute atomic E-state index is 0.165. The molecule has 26 heavy (non-hydrogen) atoms. The van der Waals surface area contributed by atoms with Gasteiger partial charge in [0.2, 0.25) is 0 Å². The van der Waals surface area contributed by atoms with Crippen molar-refractivity contribution in [1.29, 1.82) is 0 Å². The largest absolute Gasteiger partial charge is 0.497 e. The van der Waals surface area contributed by atoms with Crippen LogP contribution in [0.2, 0.25) is 0 Å². The van der Waals surface area contributed by atoms with E-state index in [2.05, 4.69) is 0 Å². The van der Waals surface area contributed by atoms with E-state index in [0.717, 1.165) is 12.0 Å². The third-order valence-corrected chi connectivity index (χ3v) is 4.83. The fraction of sp³-hybridized carbons (Fsp3) is 0.350. The fourth-order valence-electron chi connectivity index (χ4n) is 3.58. The highest BCUT2D eigenvalue weighted by Gasteiger charge is 2.37. The number of hydrogen-bond acceptors (Lipinski definition) is 4. The van der Waals surface area contributed by atoms with Crippen molar-refractivity contribution in [1.82, 2.24) is 4.90 Å². The van der Waals surface area contributed by atoms with Gasteiger partial charge in [0.25, 0.3) is 0 Å². The Morgan fingerprint density at radius 3 is 2.42 bits per heavy atom. The molecule has 1 heterocycles. The van der Waals surface area contributed by atoms with Crippen LogP contribution in [-0.4, -0.2) is 42.8 Å². The van der Waals surface area contributed by atoms with Gasteiger partial charge >= 0.3 is 5.97 Å². The maximum absolute atomic E-state index is 14.3. The average molecular weight is 359 g/mol. The van der Waals surface area contributed by atoms with Crippen LogP contribution in [0.25, 0.3) is 0 Å². The smallest absolute Gasteiger partial charge is 0.320 e. The van der Waals surface area contributed by atoms with Gasteiger partial charge in [-0.1, -0.05) is 18.2 Å². The molecule has 0 bridgehead atoms. The van der Waals surface area contributed by atoms with Gasteiger partial charge in [-0.05, 0) is 48.2 Å². The van der Waals surface area contributed by atoms with E-state index >= 15 is 0 Å². The van der Waals surface area contributed by atoms with Gasteiger partial charge in [0.15, 0.2) is 11.6 Å². The summed E-state index contributed by atoms with van der Waals surface area (Å²) in [6.07, 6.45) is 1.38. The molecule has 1 N–H and O–H groups in total. The van der Waals surface area contributed by atoms with Crippen LogP contribution < -0.4 is 9.47 Å². The zero-order chi connectivity index (χ0) is 18.7. The van der Waals surface area contributed by atoms with Gasteiger partial charge in [0.1, 0.15) is 11.8 Å². The first-order valence-electron chi connectivity index (χ1n) is 8.51. The standard InChI is InChI=1S/C20H22FNO4/c1-25-15-8-5-13(6-9-15)19(22-11-3-4-17(22)20(23)24)14-7-10-18(26-2)16(21)12-14/h5-10,12,17,19H,3-4,11H2,1-2H3,(H,23,24). The van der Waals surface area contributed by atoms with Crippen molar-refractivity contribution in [3.05, 3.63) is 59.4 Å². The first-order chi connectivity index (χ1) is 12.5. The molecule has 6 heteroatoms. The summed E-state index contributed by atoms with van der Waals surface area (Å²) >= 11 is 0. The van der Waals surface area contributed by atoms with Crippen molar-refractivity contribution >= 4 is 5.97 Å². The summed E-state index contributed by atoms with van der Waals surface area (Å²) in [5.41, 5.74) is 1.59. The highest BCUT2D eigenvalue weighted by Crippen LogP contribution is 2.36. The van der Waals surface area contributed by atoms with Gasteiger partial charge in [-0.25, -0.2) is 4.39 Å². The number of benzene rings is 2. The van der Waals surface area contributed by atoms with Crippen molar-refractivity contribution in [2.45, 2.75) is 24.9 Å². The summed E-state index contributed by atoms with van der Waals surface area (Å²) < 4.78 is 24.5. The molecule has 1 aliphatic heterocycles. The van der Waals surface area contributed by atoms with Crippen LogP contribution in [0.15, 0.2) is 42.5 Å². The first kappa shape index (κ1) is 18.2. The maximum atomic E-state index is 14.3. The number of halogens is 1. The topological polar surface area (TPSA) is 59.0 Å². The Morgan fingerprint density at radius 1 is 1.15 bits per heavy atom. The summed E-state index contributed by atoms with van der Waals surface area (Å²) in [6.45, 7) is 0.640. The summed E-state index contributed by atoms with van der Waals surface area (Å²) in [7, 11) is 3.01. The summed E-state index contributed by atoms with van der Waals surface area (Å²) in [5, 5.41) is 9.59. The van der Waals surface area contributed by atoms with E-state index in [4.69, 9.17) is 9.47 Å². The summed E-state index contributed by atoms with van der Waals surface area (Å²) in [4.78, 5) is 13.6. The zero-order valence-corrected chi connectivity index (χ0v) is 14.8. The lowest BCUT2D eigenvalue weighted by Gasteiger charge is -2.32. The number of methoxy groups -OCH3 is 2. The SMILES string of the molecule is COc1ccc(C(c2ccc(OC)c(F)c2)N2CCCC2C(=O)O)cc1. The number of carbonyl (C=O) groups is 1.